The van der Waals surface area contributed by atoms with Crippen LogP contribution in [0.25, 0.3) is 0 Å². The lowest BCUT2D eigenvalue weighted by atomic mass is 10.2. The molecule has 0 spiro atoms. The first-order valence-corrected chi connectivity index (χ1v) is 6.96. The van der Waals surface area contributed by atoms with E-state index in [1.807, 2.05) is 0 Å². The van der Waals surface area contributed by atoms with Gasteiger partial charge in [0.25, 0.3) is 5.91 Å². The highest BCUT2D eigenvalue weighted by molar-refractivity contribution is 6.31. The van der Waals surface area contributed by atoms with Gasteiger partial charge in [-0.1, -0.05) is 22.8 Å². The number of esters is 1. The molecule has 2 rings (SSSR count). The van der Waals surface area contributed by atoms with Crippen molar-refractivity contribution in [2.45, 2.75) is 26.9 Å². The molecular formula is C15H15ClN2O4. The molecule has 1 aromatic heterocycles. The highest BCUT2D eigenvalue weighted by Crippen LogP contribution is 2.23. The number of carbonyl (C=O) groups is 2. The van der Waals surface area contributed by atoms with Crippen LogP contribution < -0.4 is 5.32 Å². The first-order valence-electron chi connectivity index (χ1n) is 6.58. The number of anilines is 1. The van der Waals surface area contributed by atoms with Gasteiger partial charge in [-0.05, 0) is 38.5 Å². The monoisotopic (exact) mass is 322 g/mol. The number of aromatic nitrogens is 1. The van der Waals surface area contributed by atoms with E-state index >= 15 is 0 Å². The highest BCUT2D eigenvalue weighted by Gasteiger charge is 2.22. The molecule has 0 fully saturated rings. The third-order valence-electron chi connectivity index (χ3n) is 3.01. The van der Waals surface area contributed by atoms with Crippen LogP contribution in [0.2, 0.25) is 5.02 Å². The number of ether oxygens (including phenoxy) is 1. The van der Waals surface area contributed by atoms with E-state index in [0.717, 1.165) is 5.56 Å². The van der Waals surface area contributed by atoms with Crippen molar-refractivity contribution in [3.05, 3.63) is 46.3 Å². The topological polar surface area (TPSA) is 81.4 Å². The molecule has 0 saturated carbocycles. The molecule has 0 aliphatic carbocycles. The maximum atomic E-state index is 12.1. The second kappa shape index (κ2) is 6.62. The Kier molecular flexibility index (Phi) is 4.82. The Morgan fingerprint density at radius 3 is 2.73 bits per heavy atom. The van der Waals surface area contributed by atoms with Gasteiger partial charge in [0.05, 0.1) is 5.69 Å². The number of benzene rings is 1. The Balaban J connectivity index is 2.00. The predicted molar refractivity (Wildman–Crippen MR) is 80.9 cm³/mol. The molecule has 0 radical (unpaired) electrons. The van der Waals surface area contributed by atoms with Gasteiger partial charge in [-0.25, -0.2) is 4.79 Å². The van der Waals surface area contributed by atoms with Crippen molar-refractivity contribution >= 4 is 29.2 Å². The molecule has 22 heavy (non-hydrogen) atoms. The minimum Gasteiger partial charge on any atom is -0.447 e. The quantitative estimate of drug-likeness (QED) is 0.874. The van der Waals surface area contributed by atoms with Gasteiger partial charge < -0.3 is 14.6 Å². The van der Waals surface area contributed by atoms with Crippen molar-refractivity contribution in [1.29, 1.82) is 0 Å². The summed E-state index contributed by atoms with van der Waals surface area (Å²) >= 11 is 5.99. The van der Waals surface area contributed by atoms with Crippen LogP contribution in [0.5, 0.6) is 0 Å². The fourth-order valence-corrected chi connectivity index (χ4v) is 1.88. The van der Waals surface area contributed by atoms with Crippen LogP contribution in [0.1, 0.15) is 28.7 Å². The fraction of sp³-hybridized carbons (Fsp3) is 0.267. The molecule has 0 aliphatic rings. The van der Waals surface area contributed by atoms with Gasteiger partial charge >= 0.3 is 5.97 Å². The first kappa shape index (κ1) is 16.0. The lowest BCUT2D eigenvalue weighted by molar-refractivity contribution is -0.123. The van der Waals surface area contributed by atoms with Gasteiger partial charge in [-0.3, -0.25) is 4.79 Å². The van der Waals surface area contributed by atoms with E-state index in [1.165, 1.54) is 13.0 Å². The number of hydrogen-bond acceptors (Lipinski definition) is 5. The van der Waals surface area contributed by atoms with Crippen molar-refractivity contribution in [1.82, 2.24) is 5.16 Å². The van der Waals surface area contributed by atoms with Gasteiger partial charge in [0.2, 0.25) is 5.76 Å². The maximum Gasteiger partial charge on any atom is 0.377 e. The maximum absolute atomic E-state index is 12.1. The molecule has 0 saturated heterocycles. The van der Waals surface area contributed by atoms with Crippen LogP contribution in [0.4, 0.5) is 5.69 Å². The van der Waals surface area contributed by atoms with Gasteiger partial charge in [-0.2, -0.15) is 0 Å². The van der Waals surface area contributed by atoms with Crippen molar-refractivity contribution in [2.75, 3.05) is 5.32 Å². The van der Waals surface area contributed by atoms with E-state index in [1.54, 1.807) is 32.0 Å². The molecule has 6 nitrogen and oxygen atoms in total. The Hall–Kier alpha value is -2.34. The SMILES string of the molecule is Cc1cc(C(=O)O[C@H](C)C(=O)Nc2cccc(Cl)c2C)on1. The zero-order valence-electron chi connectivity index (χ0n) is 12.3. The molecule has 0 aliphatic heterocycles. The number of nitrogens with zero attached hydrogens (tertiary/aromatic N) is 1. The van der Waals surface area contributed by atoms with E-state index in [9.17, 15) is 9.59 Å². The third kappa shape index (κ3) is 3.65. The van der Waals surface area contributed by atoms with Crippen LogP contribution >= 0.6 is 11.6 Å². The molecule has 1 heterocycles. The Morgan fingerprint density at radius 1 is 1.36 bits per heavy atom. The number of aryl methyl sites for hydroxylation is 1. The molecule has 1 amide bonds. The minimum atomic E-state index is -0.990. The normalized spacial score (nSPS) is 11.8. The summed E-state index contributed by atoms with van der Waals surface area (Å²) in [7, 11) is 0. The summed E-state index contributed by atoms with van der Waals surface area (Å²) in [5.41, 5.74) is 1.86. The Morgan fingerprint density at radius 2 is 2.09 bits per heavy atom. The molecule has 1 N–H and O–H groups in total. The van der Waals surface area contributed by atoms with Gasteiger partial charge in [0.1, 0.15) is 0 Å². The molecule has 0 unspecified atom stereocenters. The summed E-state index contributed by atoms with van der Waals surface area (Å²) in [6, 6.07) is 6.60. The van der Waals surface area contributed by atoms with Gasteiger partial charge in [-0.15, -0.1) is 0 Å². The molecule has 1 atom stereocenters. The molecular weight excluding hydrogens is 308 g/mol. The summed E-state index contributed by atoms with van der Waals surface area (Å²) in [6.07, 6.45) is -0.990. The lowest BCUT2D eigenvalue weighted by Gasteiger charge is -2.14. The second-order valence-corrected chi connectivity index (χ2v) is 5.19. The molecule has 0 bridgehead atoms. The van der Waals surface area contributed by atoms with E-state index in [2.05, 4.69) is 10.5 Å². The molecule has 2 aromatic rings. The fourth-order valence-electron chi connectivity index (χ4n) is 1.71. The summed E-state index contributed by atoms with van der Waals surface area (Å²) in [4.78, 5) is 23.9. The lowest BCUT2D eigenvalue weighted by Crippen LogP contribution is -2.30. The van der Waals surface area contributed by atoms with Crippen LogP contribution in [0.3, 0.4) is 0 Å². The van der Waals surface area contributed by atoms with Crippen LogP contribution in [0.15, 0.2) is 28.8 Å². The zero-order valence-corrected chi connectivity index (χ0v) is 13.1. The molecule has 7 heteroatoms. The van der Waals surface area contributed by atoms with Crippen molar-refractivity contribution in [3.63, 3.8) is 0 Å². The third-order valence-corrected chi connectivity index (χ3v) is 3.42. The van der Waals surface area contributed by atoms with Crippen LogP contribution in [-0.2, 0) is 9.53 Å². The zero-order chi connectivity index (χ0) is 16.3. The summed E-state index contributed by atoms with van der Waals surface area (Å²) in [5, 5.41) is 6.80. The smallest absolute Gasteiger partial charge is 0.377 e. The first-order chi connectivity index (χ1) is 10.4. The summed E-state index contributed by atoms with van der Waals surface area (Å²) < 4.78 is 9.82. The van der Waals surface area contributed by atoms with Gasteiger partial charge in [0, 0.05) is 16.8 Å². The summed E-state index contributed by atoms with van der Waals surface area (Å²) in [5.74, 6) is -1.25. The Labute approximate surface area is 132 Å². The highest BCUT2D eigenvalue weighted by atomic mass is 35.5. The standard InChI is InChI=1S/C15H15ClN2O4/c1-8-7-13(22-18-8)15(20)21-10(3)14(19)17-12-6-4-5-11(16)9(12)2/h4-7,10H,1-3H3,(H,17,19)/t10-/m1/s1. The van der Waals surface area contributed by atoms with Crippen molar-refractivity contribution in [3.8, 4) is 0 Å². The number of hydrogen-bond donors (Lipinski definition) is 1. The summed E-state index contributed by atoms with van der Waals surface area (Å²) in [6.45, 7) is 4.93. The van der Waals surface area contributed by atoms with Crippen LogP contribution in [-0.4, -0.2) is 23.1 Å². The van der Waals surface area contributed by atoms with E-state index < -0.39 is 18.0 Å². The molecule has 1 aromatic carbocycles. The number of halogens is 1. The molecule has 116 valence electrons. The van der Waals surface area contributed by atoms with Crippen LogP contribution in [0, 0.1) is 13.8 Å². The van der Waals surface area contributed by atoms with Crippen molar-refractivity contribution < 1.29 is 18.8 Å². The largest absolute Gasteiger partial charge is 0.447 e. The van der Waals surface area contributed by atoms with E-state index in [-0.39, 0.29) is 5.76 Å². The average molecular weight is 323 g/mol. The predicted octanol–water partition coefficient (Wildman–Crippen LogP) is 3.13. The number of rotatable bonds is 4. The second-order valence-electron chi connectivity index (χ2n) is 4.78. The number of carbonyl (C=O) groups excluding carboxylic acids is 2. The van der Waals surface area contributed by atoms with E-state index in [4.69, 9.17) is 20.9 Å². The van der Waals surface area contributed by atoms with E-state index in [0.29, 0.717) is 16.4 Å². The number of nitrogens with one attached hydrogen (secondary N) is 1. The Bertz CT molecular complexity index is 711. The minimum absolute atomic E-state index is 0.0453. The van der Waals surface area contributed by atoms with Gasteiger partial charge in [0.15, 0.2) is 6.10 Å². The van der Waals surface area contributed by atoms with Crippen molar-refractivity contribution in [2.24, 2.45) is 0 Å². The average Bonchev–Trinajstić information content (AvgIpc) is 2.90. The number of amides is 1.